The Bertz CT molecular complexity index is 510. The van der Waals surface area contributed by atoms with Gasteiger partial charge in [0.05, 0.1) is 10.2 Å². The number of fused-ring (bicyclic) bond motifs is 1. The van der Waals surface area contributed by atoms with E-state index in [2.05, 4.69) is 46.8 Å². The van der Waals surface area contributed by atoms with Crippen molar-refractivity contribution < 1.29 is 0 Å². The van der Waals surface area contributed by atoms with E-state index in [9.17, 15) is 0 Å². The van der Waals surface area contributed by atoms with Gasteiger partial charge in [-0.25, -0.2) is 9.50 Å². The summed E-state index contributed by atoms with van der Waals surface area (Å²) in [6.45, 7) is 6.25. The summed E-state index contributed by atoms with van der Waals surface area (Å²) in [5.41, 5.74) is 8.20. The maximum atomic E-state index is 6.01. The summed E-state index contributed by atoms with van der Waals surface area (Å²) in [4.78, 5) is 4.24. The highest BCUT2D eigenvalue weighted by Gasteiger charge is 2.23. The first-order valence-corrected chi connectivity index (χ1v) is 5.49. The van der Waals surface area contributed by atoms with Gasteiger partial charge in [0.2, 0.25) is 0 Å². The quantitative estimate of drug-likeness (QED) is 0.798. The number of nitrogens with zero attached hydrogens (tertiary/aromatic N) is 3. The van der Waals surface area contributed by atoms with Crippen LogP contribution >= 0.6 is 15.9 Å². The number of nitrogens with two attached hydrogens (primary N) is 1. The van der Waals surface area contributed by atoms with Crippen LogP contribution in [0.4, 0.5) is 5.69 Å². The molecule has 0 aliphatic carbocycles. The van der Waals surface area contributed by atoms with Crippen LogP contribution in [0.1, 0.15) is 26.5 Å². The lowest BCUT2D eigenvalue weighted by Gasteiger charge is -2.15. The van der Waals surface area contributed by atoms with Crippen LogP contribution in [0.3, 0.4) is 0 Å². The van der Waals surface area contributed by atoms with Crippen LogP contribution in [0.2, 0.25) is 0 Å². The van der Waals surface area contributed by atoms with Crippen molar-refractivity contribution in [2.45, 2.75) is 26.2 Å². The molecule has 2 heterocycles. The molecule has 0 spiro atoms. The normalized spacial score (nSPS) is 12.3. The summed E-state index contributed by atoms with van der Waals surface area (Å²) >= 11 is 3.35. The minimum absolute atomic E-state index is 0.0652. The summed E-state index contributed by atoms with van der Waals surface area (Å²) in [5.74, 6) is 0. The molecule has 5 heteroatoms. The van der Waals surface area contributed by atoms with Crippen LogP contribution in [0.25, 0.3) is 5.65 Å². The molecular formula is C10H13BrN4. The van der Waals surface area contributed by atoms with E-state index in [1.165, 1.54) is 0 Å². The molecule has 0 unspecified atom stereocenters. The Balaban J connectivity index is 2.75. The highest BCUT2D eigenvalue weighted by atomic mass is 79.9. The average molecular weight is 269 g/mol. The molecule has 15 heavy (non-hydrogen) atoms. The second-order valence-electron chi connectivity index (χ2n) is 4.55. The van der Waals surface area contributed by atoms with Crippen molar-refractivity contribution in [1.29, 1.82) is 0 Å². The zero-order valence-corrected chi connectivity index (χ0v) is 10.5. The Hall–Kier alpha value is -1.10. The lowest BCUT2D eigenvalue weighted by atomic mass is 9.91. The van der Waals surface area contributed by atoms with Crippen LogP contribution in [-0.4, -0.2) is 14.6 Å². The van der Waals surface area contributed by atoms with Crippen molar-refractivity contribution in [1.82, 2.24) is 14.6 Å². The molecule has 2 aromatic rings. The Morgan fingerprint density at radius 3 is 2.67 bits per heavy atom. The van der Waals surface area contributed by atoms with Gasteiger partial charge in [-0.2, -0.15) is 5.10 Å². The van der Waals surface area contributed by atoms with Crippen molar-refractivity contribution in [2.75, 3.05) is 5.73 Å². The molecule has 80 valence electrons. The third-order valence-corrected chi connectivity index (χ3v) is 2.60. The minimum atomic E-state index is -0.0652. The van der Waals surface area contributed by atoms with Gasteiger partial charge in [0.1, 0.15) is 5.69 Å². The monoisotopic (exact) mass is 268 g/mol. The van der Waals surface area contributed by atoms with Gasteiger partial charge >= 0.3 is 0 Å². The van der Waals surface area contributed by atoms with Gasteiger partial charge < -0.3 is 5.73 Å². The summed E-state index contributed by atoms with van der Waals surface area (Å²) in [5, 5.41) is 4.44. The molecule has 0 bridgehead atoms. The molecule has 0 aliphatic rings. The third-order valence-electron chi connectivity index (χ3n) is 2.19. The Morgan fingerprint density at radius 1 is 1.40 bits per heavy atom. The fourth-order valence-electron chi connectivity index (χ4n) is 1.48. The second-order valence-corrected chi connectivity index (χ2v) is 5.47. The molecule has 0 atom stereocenters. The number of rotatable bonds is 0. The van der Waals surface area contributed by atoms with Crippen molar-refractivity contribution >= 4 is 27.3 Å². The lowest BCUT2D eigenvalue weighted by Crippen LogP contribution is -2.14. The third kappa shape index (κ3) is 1.71. The standard InChI is InChI=1S/C10H13BrN4/c1-10(2,3)8-7(12)9-13-4-6(11)5-15(9)14-8/h4-5H,12H2,1-3H3. The molecule has 2 N–H and O–H groups in total. The maximum absolute atomic E-state index is 6.01. The SMILES string of the molecule is CC(C)(C)c1nn2cc(Br)cnc2c1N. The number of anilines is 1. The first-order chi connectivity index (χ1) is 6.89. The van der Waals surface area contributed by atoms with E-state index in [-0.39, 0.29) is 5.41 Å². The highest BCUT2D eigenvalue weighted by Crippen LogP contribution is 2.29. The molecular weight excluding hydrogens is 256 g/mol. The van der Waals surface area contributed by atoms with Gasteiger partial charge in [-0.3, -0.25) is 0 Å². The van der Waals surface area contributed by atoms with E-state index in [0.29, 0.717) is 11.3 Å². The topological polar surface area (TPSA) is 56.2 Å². The van der Waals surface area contributed by atoms with E-state index < -0.39 is 0 Å². The van der Waals surface area contributed by atoms with E-state index in [1.807, 2.05) is 6.20 Å². The largest absolute Gasteiger partial charge is 0.394 e. The predicted molar refractivity (Wildman–Crippen MR) is 63.8 cm³/mol. The molecule has 0 saturated heterocycles. The van der Waals surface area contributed by atoms with Gasteiger partial charge in [0.15, 0.2) is 5.65 Å². The first kappa shape index (κ1) is 10.4. The van der Waals surface area contributed by atoms with Crippen molar-refractivity contribution in [3.05, 3.63) is 22.6 Å². The molecule has 2 aromatic heterocycles. The van der Waals surface area contributed by atoms with E-state index >= 15 is 0 Å². The smallest absolute Gasteiger partial charge is 0.178 e. The predicted octanol–water partition coefficient (Wildman–Crippen LogP) is 2.37. The van der Waals surface area contributed by atoms with E-state index in [0.717, 1.165) is 10.2 Å². The summed E-state index contributed by atoms with van der Waals surface area (Å²) in [7, 11) is 0. The van der Waals surface area contributed by atoms with Crippen LogP contribution in [0.15, 0.2) is 16.9 Å². The van der Waals surface area contributed by atoms with Crippen molar-refractivity contribution in [3.8, 4) is 0 Å². The number of hydrogen-bond acceptors (Lipinski definition) is 3. The van der Waals surface area contributed by atoms with E-state index in [4.69, 9.17) is 5.73 Å². The van der Waals surface area contributed by atoms with Gasteiger partial charge in [0.25, 0.3) is 0 Å². The van der Waals surface area contributed by atoms with Crippen molar-refractivity contribution in [2.24, 2.45) is 0 Å². The number of hydrogen-bond donors (Lipinski definition) is 1. The fourth-order valence-corrected chi connectivity index (χ4v) is 1.78. The van der Waals surface area contributed by atoms with Crippen LogP contribution < -0.4 is 5.73 Å². The maximum Gasteiger partial charge on any atom is 0.178 e. The Kier molecular flexibility index (Phi) is 2.22. The highest BCUT2D eigenvalue weighted by molar-refractivity contribution is 9.10. The fraction of sp³-hybridized carbons (Fsp3) is 0.400. The molecule has 2 rings (SSSR count). The summed E-state index contributed by atoms with van der Waals surface area (Å²) in [6, 6.07) is 0. The van der Waals surface area contributed by atoms with Crippen LogP contribution in [0, 0.1) is 0 Å². The summed E-state index contributed by atoms with van der Waals surface area (Å²) in [6.07, 6.45) is 3.58. The van der Waals surface area contributed by atoms with Gasteiger partial charge in [-0.05, 0) is 15.9 Å². The second kappa shape index (κ2) is 3.20. The molecule has 0 amide bonds. The number of nitrogen functional groups attached to an aromatic ring is 1. The Labute approximate surface area is 96.6 Å². The van der Waals surface area contributed by atoms with Gasteiger partial charge in [-0.1, -0.05) is 20.8 Å². The van der Waals surface area contributed by atoms with Gasteiger partial charge in [0, 0.05) is 17.8 Å². The molecule has 0 saturated carbocycles. The number of aromatic nitrogens is 3. The number of halogens is 1. The van der Waals surface area contributed by atoms with E-state index in [1.54, 1.807) is 10.7 Å². The average Bonchev–Trinajstić information content (AvgIpc) is 2.42. The van der Waals surface area contributed by atoms with Crippen LogP contribution in [-0.2, 0) is 5.41 Å². The lowest BCUT2D eigenvalue weighted by molar-refractivity contribution is 0.564. The van der Waals surface area contributed by atoms with Gasteiger partial charge in [-0.15, -0.1) is 0 Å². The molecule has 4 nitrogen and oxygen atoms in total. The summed E-state index contributed by atoms with van der Waals surface area (Å²) < 4.78 is 2.60. The van der Waals surface area contributed by atoms with Crippen LogP contribution in [0.5, 0.6) is 0 Å². The first-order valence-electron chi connectivity index (χ1n) is 4.69. The zero-order valence-electron chi connectivity index (χ0n) is 8.95. The molecule has 0 fully saturated rings. The molecule has 0 aliphatic heterocycles. The molecule has 0 aromatic carbocycles. The minimum Gasteiger partial charge on any atom is -0.394 e. The molecule has 0 radical (unpaired) electrons. The van der Waals surface area contributed by atoms with Crippen molar-refractivity contribution in [3.63, 3.8) is 0 Å². The zero-order chi connectivity index (χ0) is 11.2. The Morgan fingerprint density at radius 2 is 2.07 bits per heavy atom.